The number of rotatable bonds is 9. The van der Waals surface area contributed by atoms with Crippen molar-refractivity contribution < 1.29 is 102 Å². The summed E-state index contributed by atoms with van der Waals surface area (Å²) in [6.07, 6.45) is 0. The van der Waals surface area contributed by atoms with E-state index in [9.17, 15) is 30.6 Å². The summed E-state index contributed by atoms with van der Waals surface area (Å²) >= 11 is 0. The first kappa shape index (κ1) is 69.8. The smallest absolute Gasteiger partial charge is 0.132 e. The van der Waals surface area contributed by atoms with Crippen LogP contribution in [0.3, 0.4) is 0 Å². The zero-order chi connectivity index (χ0) is 69.2. The molecule has 0 saturated heterocycles. The predicted molar refractivity (Wildman–Crippen MR) is 423 cm³/mol. The molecule has 0 fully saturated rings. The molecule has 0 spiro atoms. The van der Waals surface area contributed by atoms with Crippen molar-refractivity contribution in [2.45, 2.75) is 0 Å². The van der Waals surface area contributed by atoms with Gasteiger partial charge >= 0.3 is 0 Å². The van der Waals surface area contributed by atoms with Gasteiger partial charge in [0, 0.05) is 138 Å². The fourth-order valence-electron chi connectivity index (χ4n) is 14.6. The summed E-state index contributed by atoms with van der Waals surface area (Å²) in [4.78, 5) is 0. The Morgan fingerprint density at radius 1 is 0.135 bits per heavy atom. The van der Waals surface area contributed by atoms with Gasteiger partial charge in [-0.15, -0.1) is 0 Å². The minimum absolute atomic E-state index is 0. The molecule has 2 radical (unpaired) electrons. The molecule has 104 heavy (non-hydrogen) atoms. The summed E-state index contributed by atoms with van der Waals surface area (Å²) in [7, 11) is 0. The van der Waals surface area contributed by atoms with Crippen LogP contribution in [0.25, 0.3) is 165 Å². The average molecular weight is 1590 g/mol. The first-order valence-corrected chi connectivity index (χ1v) is 34.0. The molecule has 0 heterocycles. The van der Waals surface area contributed by atoms with Gasteiger partial charge in [0.25, 0.3) is 0 Å². The fourth-order valence-corrected chi connectivity index (χ4v) is 14.6. The summed E-state index contributed by atoms with van der Waals surface area (Å²) in [5.74, 6) is 0.975. The average Bonchev–Trinajstić information content (AvgIpc) is 0.747. The number of benzene rings is 18. The molecular weight excluding hydrogens is 1530 g/mol. The molecule has 18 rings (SSSR count). The van der Waals surface area contributed by atoms with Crippen LogP contribution in [0.4, 0.5) is 0 Å². The zero-order valence-corrected chi connectivity index (χ0v) is 63.7. The van der Waals surface area contributed by atoms with Crippen LogP contribution in [0.5, 0.6) is 34.5 Å². The van der Waals surface area contributed by atoms with Crippen molar-refractivity contribution in [2.24, 2.45) is 0 Å². The second-order valence-corrected chi connectivity index (χ2v) is 25.4. The van der Waals surface area contributed by atoms with Gasteiger partial charge in [-0.05, 0) is 134 Å². The van der Waals surface area contributed by atoms with E-state index in [-0.39, 0.29) is 106 Å². The van der Waals surface area contributed by atoms with Gasteiger partial charge in [-0.1, -0.05) is 328 Å². The fraction of sp³-hybridized carbons (Fsp3) is 0. The molecule has 6 N–H and O–H groups in total. The van der Waals surface area contributed by atoms with Crippen LogP contribution >= 0.6 is 0 Å². The summed E-state index contributed by atoms with van der Waals surface area (Å²) in [5.41, 5.74) is 13.8. The minimum Gasteiger partial charge on any atom is -0.507 e. The standard InChI is InChI=1S/3C32H22O2.2La/c3*33-31-27(21-11-3-1-4-12-21)19-23-15-7-9-17-25(23)29(31)30-26-18-10-8-16-24(26)20-28(32(30)34)22-13-5-2-6-14-22;;/h3*1-20,33-34H;;. The van der Waals surface area contributed by atoms with Gasteiger partial charge in [-0.2, -0.15) is 0 Å². The minimum atomic E-state index is 0. The third kappa shape index (κ3) is 13.3. The van der Waals surface area contributed by atoms with E-state index >= 15 is 0 Å². The predicted octanol–water partition coefficient (Wildman–Crippen LogP) is 25.2. The molecule has 0 aliphatic heterocycles. The van der Waals surface area contributed by atoms with Crippen LogP contribution in [0, 0.1) is 71.2 Å². The summed E-state index contributed by atoms with van der Waals surface area (Å²) < 4.78 is 0. The Balaban J connectivity index is 0.000000130. The van der Waals surface area contributed by atoms with Gasteiger partial charge < -0.3 is 30.6 Å². The van der Waals surface area contributed by atoms with Crippen molar-refractivity contribution in [3.05, 3.63) is 364 Å². The molecule has 0 amide bonds. The molecule has 0 bridgehead atoms. The zero-order valence-electron chi connectivity index (χ0n) is 56.5. The molecule has 0 atom stereocenters. The van der Waals surface area contributed by atoms with E-state index < -0.39 is 0 Å². The summed E-state index contributed by atoms with van der Waals surface area (Å²) in [5, 5.41) is 81.7. The Bertz CT molecular complexity index is 5190. The Kier molecular flexibility index (Phi) is 20.6. The monoisotopic (exact) mass is 1590 g/mol. The maximum atomic E-state index is 11.7. The Morgan fingerprint density at radius 3 is 0.385 bits per heavy atom. The van der Waals surface area contributed by atoms with E-state index in [1.807, 2.05) is 364 Å². The molecule has 8 heteroatoms. The largest absolute Gasteiger partial charge is 0.507 e. The molecule has 0 unspecified atom stereocenters. The van der Waals surface area contributed by atoms with Crippen LogP contribution in [-0.2, 0) is 0 Å². The molecule has 0 saturated carbocycles. The van der Waals surface area contributed by atoms with Crippen LogP contribution in [0.1, 0.15) is 0 Å². The number of aromatic hydroxyl groups is 6. The molecule has 6 nitrogen and oxygen atoms in total. The van der Waals surface area contributed by atoms with Gasteiger partial charge in [0.05, 0.1) is 0 Å². The first-order chi connectivity index (χ1) is 50.2. The number of phenolic OH excluding ortho intramolecular Hbond substituents is 6. The maximum absolute atomic E-state index is 11.7. The quantitative estimate of drug-likeness (QED) is 0.0856. The third-order valence-electron chi connectivity index (χ3n) is 19.4. The molecular formula is C96H66La2O6. The Hall–Kier alpha value is -11.3. The number of hydrogen-bond acceptors (Lipinski definition) is 6. The first-order valence-electron chi connectivity index (χ1n) is 34.0. The van der Waals surface area contributed by atoms with Gasteiger partial charge in [0.1, 0.15) is 34.5 Å². The van der Waals surface area contributed by atoms with Crippen LogP contribution in [-0.4, -0.2) is 30.6 Å². The summed E-state index contributed by atoms with van der Waals surface area (Å²) in [6.45, 7) is 0. The Labute approximate surface area is 658 Å². The SMILES string of the molecule is Oc1c(-c2ccccc2)cc2ccccc2c1-c1c(O)c(-c2ccccc2)cc2ccccc12.Oc1c(-c2ccccc2)cc2ccccc2c1-c1c(O)c(-c2ccccc2)cc2ccccc12.Oc1c(-c2ccccc2)cc2ccccc2c1-c1c(O)c(-c2ccccc2)cc2ccccc12.[La].[La]. The van der Waals surface area contributed by atoms with E-state index in [1.54, 1.807) is 0 Å². The van der Waals surface area contributed by atoms with Crippen molar-refractivity contribution in [3.8, 4) is 135 Å². The van der Waals surface area contributed by atoms with Crippen molar-refractivity contribution in [3.63, 3.8) is 0 Å². The number of phenols is 6. The molecule has 18 aromatic carbocycles. The number of fused-ring (bicyclic) bond motifs is 6. The van der Waals surface area contributed by atoms with Gasteiger partial charge in [0.15, 0.2) is 0 Å². The normalized spacial score (nSPS) is 11.0. The van der Waals surface area contributed by atoms with Gasteiger partial charge in [-0.3, -0.25) is 0 Å². The molecule has 492 valence electrons. The number of hydrogen-bond donors (Lipinski definition) is 6. The molecule has 0 aliphatic carbocycles. The van der Waals surface area contributed by atoms with E-state index in [4.69, 9.17) is 0 Å². The van der Waals surface area contributed by atoms with Crippen molar-refractivity contribution in [2.75, 3.05) is 0 Å². The van der Waals surface area contributed by atoms with Crippen molar-refractivity contribution >= 4 is 64.6 Å². The second-order valence-electron chi connectivity index (χ2n) is 25.4. The molecule has 0 aromatic heterocycles. The molecule has 0 aliphatic rings. The Morgan fingerprint density at radius 2 is 0.250 bits per heavy atom. The van der Waals surface area contributed by atoms with Crippen molar-refractivity contribution in [1.82, 2.24) is 0 Å². The van der Waals surface area contributed by atoms with E-state index in [2.05, 4.69) is 0 Å². The summed E-state index contributed by atoms with van der Waals surface area (Å²) in [6, 6.07) is 119. The van der Waals surface area contributed by atoms with E-state index in [0.29, 0.717) is 33.4 Å². The van der Waals surface area contributed by atoms with Gasteiger partial charge in [0.2, 0.25) is 0 Å². The van der Waals surface area contributed by atoms with E-state index in [0.717, 1.165) is 131 Å². The van der Waals surface area contributed by atoms with Gasteiger partial charge in [-0.25, -0.2) is 0 Å². The topological polar surface area (TPSA) is 121 Å². The maximum Gasteiger partial charge on any atom is 0.132 e. The van der Waals surface area contributed by atoms with Crippen LogP contribution in [0.2, 0.25) is 0 Å². The third-order valence-corrected chi connectivity index (χ3v) is 19.4. The van der Waals surface area contributed by atoms with Crippen molar-refractivity contribution in [1.29, 1.82) is 0 Å². The second kappa shape index (κ2) is 30.7. The molecule has 18 aromatic rings. The van der Waals surface area contributed by atoms with Crippen LogP contribution in [0.15, 0.2) is 364 Å². The van der Waals surface area contributed by atoms with Crippen LogP contribution < -0.4 is 0 Å². The van der Waals surface area contributed by atoms with E-state index in [1.165, 1.54) is 0 Å².